The van der Waals surface area contributed by atoms with Crippen LogP contribution in [-0.4, -0.2) is 17.7 Å². The molecule has 0 bridgehead atoms. The molecule has 2 aliphatic rings. The molecular weight excluding hydrogens is 340 g/mol. The van der Waals surface area contributed by atoms with Crippen LogP contribution in [0.4, 0.5) is 11.4 Å². The van der Waals surface area contributed by atoms with Gasteiger partial charge in [0.2, 0.25) is 11.8 Å². The minimum atomic E-state index is -0.301. The standard InChI is InChI=1S/C22H20N2O3/c1-14-7-5-12-18-19(14)22(27)24(21(18)26)17-11-6-10-16(13-17)23-20(25)15-8-3-2-4-9-15/h2-11,13-14,18-19H,12H2,1H3,(H,23,25)/t14-,18+,19+/m1/s1. The van der Waals surface area contributed by atoms with Gasteiger partial charge >= 0.3 is 0 Å². The molecule has 1 aliphatic carbocycles. The zero-order valence-electron chi connectivity index (χ0n) is 15.0. The second-order valence-electron chi connectivity index (χ2n) is 7.04. The molecule has 0 unspecified atom stereocenters. The Hall–Kier alpha value is -3.21. The number of hydrogen-bond donors (Lipinski definition) is 1. The minimum Gasteiger partial charge on any atom is -0.322 e. The first-order valence-corrected chi connectivity index (χ1v) is 9.07. The van der Waals surface area contributed by atoms with Crippen molar-refractivity contribution >= 4 is 29.1 Å². The summed E-state index contributed by atoms with van der Waals surface area (Å²) in [7, 11) is 0. The fourth-order valence-corrected chi connectivity index (χ4v) is 3.92. The lowest BCUT2D eigenvalue weighted by Crippen LogP contribution is -2.31. The number of allylic oxidation sites excluding steroid dienone is 2. The molecule has 0 spiro atoms. The summed E-state index contributed by atoms with van der Waals surface area (Å²) >= 11 is 0. The number of hydrogen-bond acceptors (Lipinski definition) is 3. The molecule has 0 radical (unpaired) electrons. The Bertz CT molecular complexity index is 936. The van der Waals surface area contributed by atoms with Crippen molar-refractivity contribution < 1.29 is 14.4 Å². The molecule has 136 valence electrons. The Balaban J connectivity index is 1.59. The van der Waals surface area contributed by atoms with Crippen LogP contribution in [0, 0.1) is 17.8 Å². The first-order valence-electron chi connectivity index (χ1n) is 9.07. The summed E-state index contributed by atoms with van der Waals surface area (Å²) in [5, 5.41) is 2.82. The summed E-state index contributed by atoms with van der Waals surface area (Å²) in [6.45, 7) is 1.97. The van der Waals surface area contributed by atoms with Crippen LogP contribution >= 0.6 is 0 Å². The zero-order valence-corrected chi connectivity index (χ0v) is 15.0. The van der Waals surface area contributed by atoms with Gasteiger partial charge in [-0.1, -0.05) is 43.3 Å². The lowest BCUT2D eigenvalue weighted by Gasteiger charge is -2.22. The average molecular weight is 360 g/mol. The van der Waals surface area contributed by atoms with Crippen LogP contribution in [-0.2, 0) is 9.59 Å². The van der Waals surface area contributed by atoms with E-state index in [0.29, 0.717) is 23.4 Å². The number of amides is 3. The highest BCUT2D eigenvalue weighted by Crippen LogP contribution is 2.40. The summed E-state index contributed by atoms with van der Waals surface area (Å²) in [6, 6.07) is 15.8. The molecule has 5 heteroatoms. The van der Waals surface area contributed by atoms with Crippen LogP contribution in [0.2, 0.25) is 0 Å². The van der Waals surface area contributed by atoms with Crippen LogP contribution in [0.25, 0.3) is 0 Å². The topological polar surface area (TPSA) is 66.5 Å². The molecule has 2 aromatic carbocycles. The predicted octanol–water partition coefficient (Wildman–Crippen LogP) is 3.64. The Morgan fingerprint density at radius 2 is 1.81 bits per heavy atom. The lowest BCUT2D eigenvalue weighted by atomic mass is 9.78. The summed E-state index contributed by atoms with van der Waals surface area (Å²) in [4.78, 5) is 39.4. The maximum Gasteiger partial charge on any atom is 0.255 e. The smallest absolute Gasteiger partial charge is 0.255 e. The maximum atomic E-state index is 12.9. The van der Waals surface area contributed by atoms with Crippen molar-refractivity contribution in [2.75, 3.05) is 10.2 Å². The highest BCUT2D eigenvalue weighted by atomic mass is 16.2. The predicted molar refractivity (Wildman–Crippen MR) is 103 cm³/mol. The van der Waals surface area contributed by atoms with E-state index < -0.39 is 0 Å². The van der Waals surface area contributed by atoms with E-state index >= 15 is 0 Å². The van der Waals surface area contributed by atoms with Crippen molar-refractivity contribution in [3.05, 3.63) is 72.3 Å². The van der Waals surface area contributed by atoms with Gasteiger partial charge in [0.05, 0.1) is 17.5 Å². The zero-order chi connectivity index (χ0) is 19.0. The Labute approximate surface area is 157 Å². The summed E-state index contributed by atoms with van der Waals surface area (Å²) in [6.07, 6.45) is 4.59. The second kappa shape index (κ2) is 6.83. The fraction of sp³-hybridized carbons (Fsp3) is 0.227. The average Bonchev–Trinajstić information content (AvgIpc) is 2.94. The van der Waals surface area contributed by atoms with Gasteiger partial charge in [0.25, 0.3) is 5.91 Å². The van der Waals surface area contributed by atoms with Crippen LogP contribution in [0.1, 0.15) is 23.7 Å². The molecule has 1 N–H and O–H groups in total. The van der Waals surface area contributed by atoms with Crippen molar-refractivity contribution in [2.45, 2.75) is 13.3 Å². The van der Waals surface area contributed by atoms with Crippen molar-refractivity contribution in [3.8, 4) is 0 Å². The second-order valence-corrected chi connectivity index (χ2v) is 7.04. The number of carbonyl (C=O) groups excluding carboxylic acids is 3. The number of imide groups is 1. The molecule has 5 nitrogen and oxygen atoms in total. The van der Waals surface area contributed by atoms with Crippen molar-refractivity contribution in [1.82, 2.24) is 0 Å². The van der Waals surface area contributed by atoms with Crippen LogP contribution in [0.5, 0.6) is 0 Å². The van der Waals surface area contributed by atoms with Gasteiger partial charge in [0.1, 0.15) is 0 Å². The van der Waals surface area contributed by atoms with Crippen molar-refractivity contribution in [2.24, 2.45) is 17.8 Å². The van der Waals surface area contributed by atoms with Crippen LogP contribution in [0.15, 0.2) is 66.7 Å². The molecular formula is C22H20N2O3. The quantitative estimate of drug-likeness (QED) is 0.671. The van der Waals surface area contributed by atoms with Crippen molar-refractivity contribution in [3.63, 3.8) is 0 Å². The third-order valence-electron chi connectivity index (χ3n) is 5.27. The lowest BCUT2D eigenvalue weighted by molar-refractivity contribution is -0.122. The van der Waals surface area contributed by atoms with Crippen LogP contribution in [0.3, 0.4) is 0 Å². The van der Waals surface area contributed by atoms with E-state index in [0.717, 1.165) is 0 Å². The van der Waals surface area contributed by atoms with Crippen LogP contribution < -0.4 is 10.2 Å². The van der Waals surface area contributed by atoms with E-state index in [9.17, 15) is 14.4 Å². The maximum absolute atomic E-state index is 12.9. The first kappa shape index (κ1) is 17.2. The summed E-state index contributed by atoms with van der Waals surface area (Å²) in [5.41, 5.74) is 1.59. The van der Waals surface area contributed by atoms with Gasteiger partial charge in [-0.2, -0.15) is 0 Å². The number of benzene rings is 2. The van der Waals surface area contributed by atoms with Gasteiger partial charge < -0.3 is 5.32 Å². The third kappa shape index (κ3) is 3.05. The van der Waals surface area contributed by atoms with Gasteiger partial charge in [-0.15, -0.1) is 0 Å². The molecule has 27 heavy (non-hydrogen) atoms. The van der Waals surface area contributed by atoms with E-state index in [1.807, 2.05) is 25.1 Å². The fourth-order valence-electron chi connectivity index (χ4n) is 3.92. The van der Waals surface area contributed by atoms with Crippen molar-refractivity contribution in [1.29, 1.82) is 0 Å². The van der Waals surface area contributed by atoms with Gasteiger partial charge in [-0.25, -0.2) is 4.90 Å². The molecule has 0 saturated carbocycles. The number of fused-ring (bicyclic) bond motifs is 1. The Morgan fingerprint density at radius 1 is 1.04 bits per heavy atom. The minimum absolute atomic E-state index is 0.0474. The third-order valence-corrected chi connectivity index (χ3v) is 5.27. The molecule has 1 saturated heterocycles. The van der Waals surface area contributed by atoms with E-state index in [-0.39, 0.29) is 35.5 Å². The summed E-state index contributed by atoms with van der Waals surface area (Å²) < 4.78 is 0. The largest absolute Gasteiger partial charge is 0.322 e. The van der Waals surface area contributed by atoms with E-state index in [1.54, 1.807) is 48.5 Å². The Morgan fingerprint density at radius 3 is 2.56 bits per heavy atom. The highest BCUT2D eigenvalue weighted by molar-refractivity contribution is 6.22. The first-order chi connectivity index (χ1) is 13.1. The van der Waals surface area contributed by atoms with E-state index in [2.05, 4.69) is 5.32 Å². The van der Waals surface area contributed by atoms with Gasteiger partial charge in [0, 0.05) is 11.3 Å². The molecule has 2 aromatic rings. The normalized spacial score (nSPS) is 24.0. The summed E-state index contributed by atoms with van der Waals surface area (Å²) in [5.74, 6) is -1.10. The number of nitrogens with one attached hydrogen (secondary N) is 1. The van der Waals surface area contributed by atoms with E-state index in [4.69, 9.17) is 0 Å². The van der Waals surface area contributed by atoms with Gasteiger partial charge in [0.15, 0.2) is 0 Å². The number of nitrogens with zero attached hydrogens (tertiary/aromatic N) is 1. The van der Waals surface area contributed by atoms with E-state index in [1.165, 1.54) is 4.90 Å². The molecule has 1 aliphatic heterocycles. The number of anilines is 2. The Kier molecular flexibility index (Phi) is 4.36. The SMILES string of the molecule is C[C@@H]1C=CC[C@@H]2C(=O)N(c3cccc(NC(=O)c4ccccc4)c3)C(=O)[C@@H]12. The number of rotatable bonds is 3. The highest BCUT2D eigenvalue weighted by Gasteiger charge is 2.50. The molecule has 3 atom stereocenters. The molecule has 0 aromatic heterocycles. The molecule has 1 heterocycles. The van der Waals surface area contributed by atoms with Gasteiger partial charge in [-0.3, -0.25) is 14.4 Å². The van der Waals surface area contributed by atoms with Gasteiger partial charge in [-0.05, 0) is 42.7 Å². The number of carbonyl (C=O) groups is 3. The monoisotopic (exact) mass is 360 g/mol. The molecule has 3 amide bonds. The molecule has 1 fully saturated rings. The molecule has 4 rings (SSSR count).